The number of nitrogens with zero attached hydrogens (tertiary/aromatic N) is 1. The van der Waals surface area contributed by atoms with Crippen LogP contribution in [0.2, 0.25) is 0 Å². The molecule has 3 aliphatic carbocycles. The number of allylic oxidation sites excluding steroid dienone is 2. The van der Waals surface area contributed by atoms with E-state index in [-0.39, 0.29) is 35.5 Å². The summed E-state index contributed by atoms with van der Waals surface area (Å²) in [6, 6.07) is 7.23. The van der Waals surface area contributed by atoms with Crippen molar-refractivity contribution < 1.29 is 14.3 Å². The number of fused-ring (bicyclic) bond motifs is 1. The van der Waals surface area contributed by atoms with Crippen LogP contribution in [0, 0.1) is 23.7 Å². The Labute approximate surface area is 123 Å². The van der Waals surface area contributed by atoms with E-state index in [9.17, 15) is 9.59 Å². The highest BCUT2D eigenvalue weighted by atomic mass is 16.5. The summed E-state index contributed by atoms with van der Waals surface area (Å²) in [5.74, 6) is 0.532. The number of anilines is 1. The second-order valence-corrected chi connectivity index (χ2v) is 6.03. The molecule has 2 amide bonds. The largest absolute Gasteiger partial charge is 0.495 e. The minimum absolute atomic E-state index is 0.0615. The predicted octanol–water partition coefficient (Wildman–Crippen LogP) is 2.40. The summed E-state index contributed by atoms with van der Waals surface area (Å²) in [5.41, 5.74) is 0.573. The van der Waals surface area contributed by atoms with Gasteiger partial charge in [-0.3, -0.25) is 9.59 Å². The van der Waals surface area contributed by atoms with Gasteiger partial charge in [0.2, 0.25) is 11.8 Å². The van der Waals surface area contributed by atoms with Crippen molar-refractivity contribution in [3.05, 3.63) is 36.4 Å². The van der Waals surface area contributed by atoms with Crippen molar-refractivity contribution >= 4 is 17.5 Å². The van der Waals surface area contributed by atoms with Crippen molar-refractivity contribution in [3.63, 3.8) is 0 Å². The molecule has 1 aromatic carbocycles. The van der Waals surface area contributed by atoms with Gasteiger partial charge in [-0.05, 0) is 36.8 Å². The molecule has 1 aromatic rings. The average molecular weight is 283 g/mol. The number of benzene rings is 1. The van der Waals surface area contributed by atoms with E-state index >= 15 is 0 Å². The Morgan fingerprint density at radius 3 is 2.10 bits per heavy atom. The molecule has 0 N–H and O–H groups in total. The molecule has 0 unspecified atom stereocenters. The topological polar surface area (TPSA) is 46.6 Å². The molecule has 108 valence electrons. The van der Waals surface area contributed by atoms with Crippen LogP contribution in [-0.4, -0.2) is 18.9 Å². The second-order valence-electron chi connectivity index (χ2n) is 6.03. The first-order chi connectivity index (χ1) is 10.2. The third-order valence-electron chi connectivity index (χ3n) is 5.09. The molecule has 4 heteroatoms. The highest BCUT2D eigenvalue weighted by Crippen LogP contribution is 2.51. The summed E-state index contributed by atoms with van der Waals surface area (Å²) >= 11 is 0. The Balaban J connectivity index is 1.79. The van der Waals surface area contributed by atoms with Crippen LogP contribution >= 0.6 is 0 Å². The number of rotatable bonds is 2. The van der Waals surface area contributed by atoms with E-state index in [1.54, 1.807) is 19.2 Å². The highest BCUT2D eigenvalue weighted by molar-refractivity contribution is 6.23. The number of para-hydroxylation sites is 2. The van der Waals surface area contributed by atoms with Crippen LogP contribution < -0.4 is 9.64 Å². The van der Waals surface area contributed by atoms with Gasteiger partial charge in [0.1, 0.15) is 5.75 Å². The quantitative estimate of drug-likeness (QED) is 0.618. The van der Waals surface area contributed by atoms with E-state index in [0.717, 1.165) is 12.8 Å². The molecular weight excluding hydrogens is 266 g/mol. The monoisotopic (exact) mass is 283 g/mol. The smallest absolute Gasteiger partial charge is 0.238 e. The summed E-state index contributed by atoms with van der Waals surface area (Å²) in [7, 11) is 1.56. The van der Waals surface area contributed by atoms with Crippen LogP contribution in [0.4, 0.5) is 5.69 Å². The molecule has 0 spiro atoms. The number of carbonyl (C=O) groups is 2. The molecule has 1 heterocycles. The second kappa shape index (κ2) is 4.45. The van der Waals surface area contributed by atoms with Crippen LogP contribution in [0.5, 0.6) is 5.75 Å². The third-order valence-corrected chi connectivity index (χ3v) is 5.09. The molecular formula is C17H17NO3. The van der Waals surface area contributed by atoms with E-state index in [0.29, 0.717) is 11.4 Å². The first-order valence-corrected chi connectivity index (χ1v) is 7.41. The number of ether oxygens (including phenoxy) is 1. The number of imide groups is 1. The Morgan fingerprint density at radius 2 is 1.57 bits per heavy atom. The third kappa shape index (κ3) is 1.62. The molecule has 2 fully saturated rings. The minimum atomic E-state index is -0.175. The van der Waals surface area contributed by atoms with Gasteiger partial charge >= 0.3 is 0 Å². The van der Waals surface area contributed by atoms with Gasteiger partial charge in [-0.2, -0.15) is 0 Å². The van der Waals surface area contributed by atoms with Gasteiger partial charge in [-0.25, -0.2) is 4.90 Å². The van der Waals surface area contributed by atoms with Gasteiger partial charge in [-0.1, -0.05) is 24.3 Å². The first kappa shape index (κ1) is 12.6. The molecule has 0 aromatic heterocycles. The average Bonchev–Trinajstić information content (AvgIpc) is 2.82. The Morgan fingerprint density at radius 1 is 1.00 bits per heavy atom. The molecule has 2 bridgehead atoms. The standard InChI is InChI=1S/C17H17NO3/c1-21-13-5-3-2-4-12(13)18-16(19)14-10-6-7-11(9-8-10)15(14)17(18)20/h2-7,10-11,14-15H,8-9H2,1H3/t10-,11-,14-,15-/m1/s1. The maximum absolute atomic E-state index is 12.8. The van der Waals surface area contributed by atoms with E-state index in [1.165, 1.54) is 4.90 Å². The number of carbonyl (C=O) groups excluding carboxylic acids is 2. The summed E-state index contributed by atoms with van der Waals surface area (Å²) in [6.45, 7) is 0. The zero-order valence-corrected chi connectivity index (χ0v) is 11.9. The molecule has 5 rings (SSSR count). The number of hydrogen-bond donors (Lipinski definition) is 0. The summed E-state index contributed by atoms with van der Waals surface area (Å²) in [4.78, 5) is 27.0. The molecule has 1 saturated heterocycles. The van der Waals surface area contributed by atoms with Crippen molar-refractivity contribution in [3.8, 4) is 5.75 Å². The molecule has 4 atom stereocenters. The van der Waals surface area contributed by atoms with Crippen LogP contribution in [0.1, 0.15) is 12.8 Å². The zero-order valence-electron chi connectivity index (χ0n) is 11.9. The maximum atomic E-state index is 12.8. The summed E-state index contributed by atoms with van der Waals surface area (Å²) in [5, 5.41) is 0. The van der Waals surface area contributed by atoms with E-state index in [4.69, 9.17) is 4.74 Å². The summed E-state index contributed by atoms with van der Waals surface area (Å²) in [6.07, 6.45) is 6.29. The Bertz CT molecular complexity index is 619. The predicted molar refractivity (Wildman–Crippen MR) is 77.8 cm³/mol. The fourth-order valence-electron chi connectivity index (χ4n) is 4.13. The van der Waals surface area contributed by atoms with Gasteiger partial charge in [0.25, 0.3) is 0 Å². The van der Waals surface area contributed by atoms with E-state index < -0.39 is 0 Å². The van der Waals surface area contributed by atoms with E-state index in [1.807, 2.05) is 12.1 Å². The van der Waals surface area contributed by atoms with Gasteiger partial charge in [-0.15, -0.1) is 0 Å². The lowest BCUT2D eigenvalue weighted by Gasteiger charge is -2.38. The number of methoxy groups -OCH3 is 1. The lowest BCUT2D eigenvalue weighted by atomic mass is 9.63. The van der Waals surface area contributed by atoms with Crippen LogP contribution in [0.3, 0.4) is 0 Å². The fourth-order valence-corrected chi connectivity index (χ4v) is 4.13. The lowest BCUT2D eigenvalue weighted by Crippen LogP contribution is -2.38. The summed E-state index contributed by atoms with van der Waals surface area (Å²) < 4.78 is 5.32. The van der Waals surface area contributed by atoms with Crippen LogP contribution in [-0.2, 0) is 9.59 Å². The maximum Gasteiger partial charge on any atom is 0.238 e. The van der Waals surface area contributed by atoms with Crippen molar-refractivity contribution in [2.45, 2.75) is 12.8 Å². The molecule has 1 aliphatic heterocycles. The van der Waals surface area contributed by atoms with Crippen molar-refractivity contribution in [2.24, 2.45) is 23.7 Å². The van der Waals surface area contributed by atoms with Gasteiger partial charge in [0, 0.05) is 0 Å². The highest BCUT2D eigenvalue weighted by Gasteiger charge is 2.57. The normalized spacial score (nSPS) is 33.5. The first-order valence-electron chi connectivity index (χ1n) is 7.41. The number of hydrogen-bond acceptors (Lipinski definition) is 3. The van der Waals surface area contributed by atoms with Crippen LogP contribution in [0.15, 0.2) is 36.4 Å². The molecule has 1 saturated carbocycles. The van der Waals surface area contributed by atoms with Gasteiger partial charge in [0.15, 0.2) is 0 Å². The molecule has 4 nitrogen and oxygen atoms in total. The fraction of sp³-hybridized carbons (Fsp3) is 0.412. The molecule has 21 heavy (non-hydrogen) atoms. The van der Waals surface area contributed by atoms with Crippen molar-refractivity contribution in [1.29, 1.82) is 0 Å². The minimum Gasteiger partial charge on any atom is -0.495 e. The van der Waals surface area contributed by atoms with Gasteiger partial charge < -0.3 is 4.74 Å². The van der Waals surface area contributed by atoms with Gasteiger partial charge in [0.05, 0.1) is 24.6 Å². The SMILES string of the molecule is COc1ccccc1N1C(=O)[C@H]2[C@H](C1=O)[C@@H]1C=C[C@@H]2CC1. The Kier molecular flexibility index (Phi) is 2.67. The zero-order chi connectivity index (χ0) is 14.6. The Hall–Kier alpha value is -2.10. The van der Waals surface area contributed by atoms with Crippen molar-refractivity contribution in [2.75, 3.05) is 12.0 Å². The number of amides is 2. The van der Waals surface area contributed by atoms with Crippen LogP contribution in [0.25, 0.3) is 0 Å². The molecule has 0 radical (unpaired) electrons. The molecule has 4 aliphatic rings. The lowest BCUT2D eigenvalue weighted by molar-refractivity contribution is -0.124. The van der Waals surface area contributed by atoms with E-state index in [2.05, 4.69) is 12.2 Å². The van der Waals surface area contributed by atoms with Crippen molar-refractivity contribution in [1.82, 2.24) is 0 Å².